The highest BCUT2D eigenvalue weighted by atomic mass is 19.1. The molecule has 0 bridgehead atoms. The Balaban J connectivity index is 1.94. The lowest BCUT2D eigenvalue weighted by atomic mass is 10.1. The molecule has 0 aliphatic rings. The topological polar surface area (TPSA) is 34.9 Å². The minimum Gasteiger partial charge on any atom is -0.267 e. The molecule has 0 aliphatic heterocycles. The zero-order valence-corrected chi connectivity index (χ0v) is 12.6. The first-order valence-corrected chi connectivity index (χ1v) is 7.23. The van der Waals surface area contributed by atoms with Gasteiger partial charge in [0.05, 0.1) is 11.4 Å². The molecule has 1 heterocycles. The van der Waals surface area contributed by atoms with E-state index in [4.69, 9.17) is 0 Å². The summed E-state index contributed by atoms with van der Waals surface area (Å²) in [6, 6.07) is 16.9. The summed E-state index contributed by atoms with van der Waals surface area (Å²) in [5, 5.41) is 4.30. The van der Waals surface area contributed by atoms with Gasteiger partial charge in [-0.3, -0.25) is 4.79 Å². The third-order valence-electron chi connectivity index (χ3n) is 3.38. The summed E-state index contributed by atoms with van der Waals surface area (Å²) in [5.74, 6) is -0.350. The van der Waals surface area contributed by atoms with Crippen molar-refractivity contribution in [1.29, 1.82) is 0 Å². The minimum absolute atomic E-state index is 0.260. The van der Waals surface area contributed by atoms with Gasteiger partial charge in [0.15, 0.2) is 0 Å². The monoisotopic (exact) mass is 306 g/mol. The molecular weight excluding hydrogens is 291 g/mol. The predicted octanol–water partition coefficient (Wildman–Crippen LogP) is 3.85. The molecule has 23 heavy (non-hydrogen) atoms. The van der Waals surface area contributed by atoms with Crippen LogP contribution in [0.25, 0.3) is 17.8 Å². The Hall–Kier alpha value is -3.01. The normalized spacial score (nSPS) is 11.0. The van der Waals surface area contributed by atoms with Crippen LogP contribution in [-0.2, 0) is 0 Å². The second-order valence-electron chi connectivity index (χ2n) is 5.23. The zero-order chi connectivity index (χ0) is 16.2. The van der Waals surface area contributed by atoms with Gasteiger partial charge in [-0.25, -0.2) is 4.39 Å². The number of halogens is 1. The van der Waals surface area contributed by atoms with Crippen LogP contribution in [0.3, 0.4) is 0 Å². The van der Waals surface area contributed by atoms with Gasteiger partial charge < -0.3 is 0 Å². The Kier molecular flexibility index (Phi) is 4.15. The van der Waals surface area contributed by atoms with Crippen LogP contribution in [0.4, 0.5) is 4.39 Å². The number of rotatable bonds is 3. The zero-order valence-electron chi connectivity index (χ0n) is 12.6. The van der Waals surface area contributed by atoms with Gasteiger partial charge in [0.1, 0.15) is 5.82 Å². The molecule has 0 radical (unpaired) electrons. The molecule has 3 rings (SSSR count). The predicted molar refractivity (Wildman–Crippen MR) is 89.9 cm³/mol. The third-order valence-corrected chi connectivity index (χ3v) is 3.38. The van der Waals surface area contributed by atoms with Crippen molar-refractivity contribution < 1.29 is 4.39 Å². The van der Waals surface area contributed by atoms with Crippen LogP contribution in [0.2, 0.25) is 0 Å². The summed E-state index contributed by atoms with van der Waals surface area (Å²) in [6.45, 7) is 2.03. The summed E-state index contributed by atoms with van der Waals surface area (Å²) in [7, 11) is 0. The molecule has 0 spiro atoms. The highest BCUT2D eigenvalue weighted by Crippen LogP contribution is 2.09. The van der Waals surface area contributed by atoms with E-state index in [2.05, 4.69) is 11.2 Å². The molecule has 0 N–H and O–H groups in total. The van der Waals surface area contributed by atoms with Gasteiger partial charge in [0.25, 0.3) is 5.56 Å². The van der Waals surface area contributed by atoms with Gasteiger partial charge in [-0.2, -0.15) is 9.78 Å². The SMILES string of the molecule is Cc1cccc(/C=C/c2ccc(=O)n(-c3ccc(F)cc3)n2)c1. The van der Waals surface area contributed by atoms with Crippen molar-refractivity contribution in [1.82, 2.24) is 9.78 Å². The van der Waals surface area contributed by atoms with Gasteiger partial charge in [-0.1, -0.05) is 35.9 Å². The van der Waals surface area contributed by atoms with E-state index in [1.165, 1.54) is 40.6 Å². The van der Waals surface area contributed by atoms with Gasteiger partial charge in [-0.15, -0.1) is 0 Å². The third kappa shape index (κ3) is 3.61. The van der Waals surface area contributed by atoms with E-state index in [1.54, 1.807) is 6.07 Å². The van der Waals surface area contributed by atoms with Crippen LogP contribution in [0.1, 0.15) is 16.8 Å². The smallest absolute Gasteiger partial charge is 0.267 e. The summed E-state index contributed by atoms with van der Waals surface area (Å²) in [5.41, 5.74) is 3.16. The summed E-state index contributed by atoms with van der Waals surface area (Å²) in [6.07, 6.45) is 3.78. The Morgan fingerprint density at radius 3 is 2.52 bits per heavy atom. The lowest BCUT2D eigenvalue weighted by Crippen LogP contribution is -2.20. The fourth-order valence-electron chi connectivity index (χ4n) is 2.24. The van der Waals surface area contributed by atoms with Gasteiger partial charge in [-0.05, 0) is 48.9 Å². The fraction of sp³-hybridized carbons (Fsp3) is 0.0526. The first kappa shape index (κ1) is 14.9. The lowest BCUT2D eigenvalue weighted by Gasteiger charge is -2.05. The van der Waals surface area contributed by atoms with E-state index >= 15 is 0 Å². The standard InChI is InChI=1S/C19H15FN2O/c1-14-3-2-4-15(13-14)5-8-17-9-12-19(23)22(21-17)18-10-6-16(20)7-11-18/h2-13H,1H3/b8-5+. The Bertz CT molecular complexity index is 911. The molecule has 0 saturated heterocycles. The number of hydrogen-bond donors (Lipinski definition) is 0. The van der Waals surface area contributed by atoms with E-state index in [9.17, 15) is 9.18 Å². The van der Waals surface area contributed by atoms with Crippen LogP contribution in [0.15, 0.2) is 65.5 Å². The van der Waals surface area contributed by atoms with E-state index in [-0.39, 0.29) is 11.4 Å². The highest BCUT2D eigenvalue weighted by Gasteiger charge is 2.02. The Labute approximate surface area is 133 Å². The summed E-state index contributed by atoms with van der Waals surface area (Å²) >= 11 is 0. The maximum atomic E-state index is 13.0. The number of hydrogen-bond acceptors (Lipinski definition) is 2. The molecule has 0 saturated carbocycles. The van der Waals surface area contributed by atoms with E-state index in [0.717, 1.165) is 5.56 Å². The van der Waals surface area contributed by atoms with Crippen LogP contribution >= 0.6 is 0 Å². The average molecular weight is 306 g/mol. The number of aromatic nitrogens is 2. The molecule has 3 aromatic rings. The van der Waals surface area contributed by atoms with Gasteiger partial charge >= 0.3 is 0 Å². The summed E-state index contributed by atoms with van der Waals surface area (Å²) in [4.78, 5) is 12.0. The van der Waals surface area contributed by atoms with Crippen molar-refractivity contribution in [2.24, 2.45) is 0 Å². The van der Waals surface area contributed by atoms with E-state index < -0.39 is 0 Å². The molecule has 0 unspecified atom stereocenters. The number of nitrogens with zero attached hydrogens (tertiary/aromatic N) is 2. The van der Waals surface area contributed by atoms with E-state index in [1.807, 2.05) is 37.3 Å². The first-order valence-electron chi connectivity index (χ1n) is 7.23. The van der Waals surface area contributed by atoms with Crippen molar-refractivity contribution in [3.63, 3.8) is 0 Å². The number of benzene rings is 2. The number of aryl methyl sites for hydroxylation is 1. The fourth-order valence-corrected chi connectivity index (χ4v) is 2.24. The maximum Gasteiger partial charge on any atom is 0.271 e. The first-order chi connectivity index (χ1) is 11.1. The molecule has 0 fully saturated rings. The second-order valence-corrected chi connectivity index (χ2v) is 5.23. The molecule has 0 amide bonds. The molecule has 1 aromatic heterocycles. The molecule has 2 aromatic carbocycles. The van der Waals surface area contributed by atoms with Crippen molar-refractivity contribution in [3.8, 4) is 5.69 Å². The molecule has 0 aliphatic carbocycles. The van der Waals surface area contributed by atoms with Crippen molar-refractivity contribution in [3.05, 3.63) is 93.7 Å². The molecule has 3 nitrogen and oxygen atoms in total. The average Bonchev–Trinajstić information content (AvgIpc) is 2.55. The van der Waals surface area contributed by atoms with Gasteiger partial charge in [0, 0.05) is 6.07 Å². The Morgan fingerprint density at radius 2 is 1.78 bits per heavy atom. The lowest BCUT2D eigenvalue weighted by molar-refractivity contribution is 0.626. The molecule has 114 valence electrons. The van der Waals surface area contributed by atoms with Crippen LogP contribution in [-0.4, -0.2) is 9.78 Å². The second kappa shape index (κ2) is 6.40. The van der Waals surface area contributed by atoms with Crippen molar-refractivity contribution >= 4 is 12.2 Å². The van der Waals surface area contributed by atoms with Crippen LogP contribution in [0.5, 0.6) is 0 Å². The van der Waals surface area contributed by atoms with Crippen molar-refractivity contribution in [2.75, 3.05) is 0 Å². The Morgan fingerprint density at radius 1 is 1.00 bits per heavy atom. The summed E-state index contributed by atoms with van der Waals surface area (Å²) < 4.78 is 14.3. The van der Waals surface area contributed by atoms with E-state index in [0.29, 0.717) is 11.4 Å². The molecule has 4 heteroatoms. The quantitative estimate of drug-likeness (QED) is 0.736. The molecular formula is C19H15FN2O. The van der Waals surface area contributed by atoms with Gasteiger partial charge in [0.2, 0.25) is 0 Å². The van der Waals surface area contributed by atoms with Crippen molar-refractivity contribution in [2.45, 2.75) is 6.92 Å². The minimum atomic E-state index is -0.350. The van der Waals surface area contributed by atoms with Crippen LogP contribution in [0, 0.1) is 12.7 Å². The highest BCUT2D eigenvalue weighted by molar-refractivity contribution is 5.68. The largest absolute Gasteiger partial charge is 0.271 e. The van der Waals surface area contributed by atoms with Crippen LogP contribution < -0.4 is 5.56 Å². The molecule has 0 atom stereocenters. The maximum absolute atomic E-state index is 13.0.